The van der Waals surface area contributed by atoms with Gasteiger partial charge in [0.25, 0.3) is 5.91 Å². The predicted octanol–water partition coefficient (Wildman–Crippen LogP) is 3.22. The molecule has 1 spiro atoms. The fourth-order valence-corrected chi connectivity index (χ4v) is 5.17. The van der Waals surface area contributed by atoms with Gasteiger partial charge < -0.3 is 9.64 Å². The molecule has 4 nitrogen and oxygen atoms in total. The average Bonchev–Trinajstić information content (AvgIpc) is 3.17. The number of ether oxygens (including phenoxy) is 1. The van der Waals surface area contributed by atoms with Gasteiger partial charge in [-0.25, -0.2) is 4.98 Å². The van der Waals surface area contributed by atoms with E-state index < -0.39 is 0 Å². The molecule has 1 saturated heterocycles. The minimum Gasteiger partial charge on any atom is -0.369 e. The molecule has 22 heavy (non-hydrogen) atoms. The first-order chi connectivity index (χ1) is 10.7. The Kier molecular flexibility index (Phi) is 3.55. The Morgan fingerprint density at radius 3 is 2.91 bits per heavy atom. The van der Waals surface area contributed by atoms with Crippen LogP contribution in [0.15, 0.2) is 16.8 Å². The zero-order valence-corrected chi connectivity index (χ0v) is 14.1. The van der Waals surface area contributed by atoms with Crippen LogP contribution in [0.5, 0.6) is 0 Å². The first-order valence-corrected chi connectivity index (χ1v) is 9.36. The smallest absolute Gasteiger partial charge is 0.273 e. The van der Waals surface area contributed by atoms with Crippen LogP contribution in [-0.4, -0.2) is 35.5 Å². The van der Waals surface area contributed by atoms with Gasteiger partial charge in [0.1, 0.15) is 11.3 Å². The number of likely N-dealkylation sites (tertiary alicyclic amines) is 1. The molecular formula is C16H18N2O2S2. The molecule has 116 valence electrons. The first-order valence-electron chi connectivity index (χ1n) is 7.60. The van der Waals surface area contributed by atoms with Crippen molar-refractivity contribution in [3.8, 4) is 0 Å². The highest BCUT2D eigenvalue weighted by Gasteiger charge is 2.42. The third kappa shape index (κ3) is 2.30. The van der Waals surface area contributed by atoms with Gasteiger partial charge in [-0.3, -0.25) is 4.79 Å². The minimum atomic E-state index is -0.156. The maximum Gasteiger partial charge on any atom is 0.273 e. The molecule has 0 bridgehead atoms. The summed E-state index contributed by atoms with van der Waals surface area (Å²) in [4.78, 5) is 20.1. The largest absolute Gasteiger partial charge is 0.369 e. The molecule has 0 atom stereocenters. The van der Waals surface area contributed by atoms with E-state index in [4.69, 9.17) is 4.74 Å². The summed E-state index contributed by atoms with van der Waals surface area (Å²) < 4.78 is 6.19. The molecule has 0 aliphatic carbocycles. The fraction of sp³-hybridized carbons (Fsp3) is 0.500. The molecule has 2 aliphatic rings. The van der Waals surface area contributed by atoms with Gasteiger partial charge in [-0.1, -0.05) is 0 Å². The van der Waals surface area contributed by atoms with Crippen LogP contribution in [0.1, 0.15) is 38.8 Å². The SMILES string of the molecule is Cc1nc(C(=O)N2CCC3(CC2)OCCc2ccsc23)cs1. The molecule has 0 aromatic carbocycles. The summed E-state index contributed by atoms with van der Waals surface area (Å²) in [6.07, 6.45) is 2.78. The number of carbonyl (C=O) groups is 1. The molecule has 0 N–H and O–H groups in total. The number of thiophene rings is 1. The topological polar surface area (TPSA) is 42.4 Å². The lowest BCUT2D eigenvalue weighted by atomic mass is 9.85. The Hall–Kier alpha value is -1.24. The van der Waals surface area contributed by atoms with Crippen LogP contribution in [0.25, 0.3) is 0 Å². The van der Waals surface area contributed by atoms with Crippen LogP contribution in [0.2, 0.25) is 0 Å². The van der Waals surface area contributed by atoms with Crippen molar-refractivity contribution in [2.75, 3.05) is 19.7 Å². The molecule has 4 rings (SSSR count). The third-order valence-electron chi connectivity index (χ3n) is 4.61. The van der Waals surface area contributed by atoms with E-state index in [-0.39, 0.29) is 11.5 Å². The Morgan fingerprint density at radius 2 is 2.18 bits per heavy atom. The number of thiazole rings is 1. The number of carbonyl (C=O) groups excluding carboxylic acids is 1. The summed E-state index contributed by atoms with van der Waals surface area (Å²) >= 11 is 3.33. The maximum atomic E-state index is 12.5. The summed E-state index contributed by atoms with van der Waals surface area (Å²) in [6, 6.07) is 2.22. The minimum absolute atomic E-state index is 0.0569. The number of hydrogen-bond acceptors (Lipinski definition) is 5. The van der Waals surface area contributed by atoms with E-state index in [0.29, 0.717) is 5.69 Å². The molecule has 1 amide bonds. The summed E-state index contributed by atoms with van der Waals surface area (Å²) in [5, 5.41) is 4.96. The van der Waals surface area contributed by atoms with Crippen molar-refractivity contribution < 1.29 is 9.53 Å². The fourth-order valence-electron chi connectivity index (χ4n) is 3.42. The van der Waals surface area contributed by atoms with E-state index >= 15 is 0 Å². The van der Waals surface area contributed by atoms with Crippen LogP contribution in [0, 0.1) is 6.92 Å². The van der Waals surface area contributed by atoms with Gasteiger partial charge in [-0.15, -0.1) is 22.7 Å². The van der Waals surface area contributed by atoms with Crippen molar-refractivity contribution in [3.63, 3.8) is 0 Å². The van der Waals surface area contributed by atoms with Crippen LogP contribution in [0.3, 0.4) is 0 Å². The Morgan fingerprint density at radius 1 is 1.36 bits per heavy atom. The number of rotatable bonds is 1. The van der Waals surface area contributed by atoms with Gasteiger partial charge in [0, 0.05) is 23.3 Å². The normalized spacial score (nSPS) is 20.1. The van der Waals surface area contributed by atoms with Gasteiger partial charge >= 0.3 is 0 Å². The highest BCUT2D eigenvalue weighted by molar-refractivity contribution is 7.10. The lowest BCUT2D eigenvalue weighted by Crippen LogP contribution is -2.47. The van der Waals surface area contributed by atoms with Gasteiger partial charge in [0.05, 0.1) is 11.6 Å². The van der Waals surface area contributed by atoms with Crippen molar-refractivity contribution in [1.82, 2.24) is 9.88 Å². The summed E-state index contributed by atoms with van der Waals surface area (Å²) in [5.74, 6) is 0.0569. The summed E-state index contributed by atoms with van der Waals surface area (Å²) in [7, 11) is 0. The number of piperidine rings is 1. The van der Waals surface area contributed by atoms with E-state index in [0.717, 1.165) is 44.0 Å². The Balaban J connectivity index is 1.51. The first kappa shape index (κ1) is 14.4. The van der Waals surface area contributed by atoms with Crippen LogP contribution >= 0.6 is 22.7 Å². The van der Waals surface area contributed by atoms with Crippen molar-refractivity contribution in [2.24, 2.45) is 0 Å². The third-order valence-corrected chi connectivity index (χ3v) is 6.52. The second kappa shape index (κ2) is 5.44. The molecule has 0 radical (unpaired) electrons. The van der Waals surface area contributed by atoms with Gasteiger partial charge in [0.15, 0.2) is 0 Å². The molecule has 0 unspecified atom stereocenters. The van der Waals surface area contributed by atoms with Crippen molar-refractivity contribution >= 4 is 28.6 Å². The number of fused-ring (bicyclic) bond motifs is 2. The highest BCUT2D eigenvalue weighted by atomic mass is 32.1. The molecule has 2 aromatic rings. The van der Waals surface area contributed by atoms with Crippen molar-refractivity contribution in [1.29, 1.82) is 0 Å². The average molecular weight is 334 g/mol. The monoisotopic (exact) mass is 334 g/mol. The van der Waals surface area contributed by atoms with E-state index in [2.05, 4.69) is 16.4 Å². The number of hydrogen-bond donors (Lipinski definition) is 0. The predicted molar refractivity (Wildman–Crippen MR) is 87.6 cm³/mol. The zero-order valence-electron chi connectivity index (χ0n) is 12.5. The van der Waals surface area contributed by atoms with Crippen molar-refractivity contribution in [3.05, 3.63) is 38.0 Å². The number of aromatic nitrogens is 1. The molecular weight excluding hydrogens is 316 g/mol. The van der Waals surface area contributed by atoms with Crippen LogP contribution < -0.4 is 0 Å². The van der Waals surface area contributed by atoms with E-state index in [1.54, 1.807) is 11.3 Å². The van der Waals surface area contributed by atoms with Gasteiger partial charge in [-0.2, -0.15) is 0 Å². The van der Waals surface area contributed by atoms with Crippen LogP contribution in [0.4, 0.5) is 0 Å². The number of aryl methyl sites for hydroxylation is 1. The lowest BCUT2D eigenvalue weighted by molar-refractivity contribution is -0.0906. The van der Waals surface area contributed by atoms with E-state index in [1.165, 1.54) is 21.8 Å². The lowest BCUT2D eigenvalue weighted by Gasteiger charge is -2.43. The molecule has 1 fully saturated rings. The Bertz CT molecular complexity index is 699. The standard InChI is InChI=1S/C16H18N2O2S2/c1-11-17-13(10-22-11)15(19)18-6-4-16(5-7-18)14-12(2-8-20-16)3-9-21-14/h3,9-10H,2,4-8H2,1H3. The van der Waals surface area contributed by atoms with E-state index in [9.17, 15) is 4.79 Å². The zero-order chi connectivity index (χ0) is 15.2. The highest BCUT2D eigenvalue weighted by Crippen LogP contribution is 2.44. The summed E-state index contributed by atoms with van der Waals surface area (Å²) in [5.41, 5.74) is 1.86. The molecule has 2 aliphatic heterocycles. The summed E-state index contributed by atoms with van der Waals surface area (Å²) in [6.45, 7) is 4.21. The molecule has 0 saturated carbocycles. The molecule has 6 heteroatoms. The number of nitrogens with zero attached hydrogens (tertiary/aromatic N) is 2. The second-order valence-electron chi connectivity index (χ2n) is 5.91. The van der Waals surface area contributed by atoms with Crippen molar-refractivity contribution in [2.45, 2.75) is 31.8 Å². The van der Waals surface area contributed by atoms with Gasteiger partial charge in [0.2, 0.25) is 0 Å². The second-order valence-corrected chi connectivity index (χ2v) is 7.89. The van der Waals surface area contributed by atoms with Gasteiger partial charge in [-0.05, 0) is 43.2 Å². The molecule has 2 aromatic heterocycles. The maximum absolute atomic E-state index is 12.5. The number of amides is 1. The Labute approximate surface area is 137 Å². The van der Waals surface area contributed by atoms with E-state index in [1.807, 2.05) is 17.2 Å². The van der Waals surface area contributed by atoms with Crippen LogP contribution in [-0.2, 0) is 16.8 Å². The molecule has 4 heterocycles. The quantitative estimate of drug-likeness (QED) is 0.804.